The zero-order valence-corrected chi connectivity index (χ0v) is 24.0. The van der Waals surface area contributed by atoms with Crippen LogP contribution in [0.25, 0.3) is 22.3 Å². The normalized spacial score (nSPS) is 11.3. The average Bonchev–Trinajstić information content (AvgIpc) is 2.95. The summed E-state index contributed by atoms with van der Waals surface area (Å²) in [5.41, 5.74) is 2.62. The van der Waals surface area contributed by atoms with E-state index in [9.17, 15) is 4.79 Å². The third-order valence-electron chi connectivity index (χ3n) is 5.80. The van der Waals surface area contributed by atoms with Gasteiger partial charge in [-0.25, -0.2) is 4.98 Å². The van der Waals surface area contributed by atoms with Gasteiger partial charge in [0.25, 0.3) is 5.56 Å². The molecule has 0 aliphatic carbocycles. The van der Waals surface area contributed by atoms with Crippen molar-refractivity contribution in [2.75, 3.05) is 7.11 Å². The molecule has 0 radical (unpaired) electrons. The maximum atomic E-state index is 13.5. The first-order valence-electron chi connectivity index (χ1n) is 11.5. The number of nitrogens with zero attached hydrogens (tertiary/aromatic N) is 3. The molecule has 0 aliphatic heterocycles. The molecular formula is C29H20Br2ClN3O3. The van der Waals surface area contributed by atoms with Crippen LogP contribution >= 0.6 is 43.5 Å². The van der Waals surface area contributed by atoms with E-state index in [1.54, 1.807) is 25.5 Å². The van der Waals surface area contributed by atoms with Crippen LogP contribution in [0.2, 0.25) is 5.02 Å². The Balaban J connectivity index is 1.56. The zero-order chi connectivity index (χ0) is 26.6. The van der Waals surface area contributed by atoms with E-state index in [-0.39, 0.29) is 12.2 Å². The summed E-state index contributed by atoms with van der Waals surface area (Å²) in [5.74, 6) is 1.43. The molecule has 5 aromatic rings. The molecule has 0 saturated heterocycles. The summed E-state index contributed by atoms with van der Waals surface area (Å²) in [6.45, 7) is 0.257. The Bertz CT molecular complexity index is 1720. The maximum absolute atomic E-state index is 13.5. The highest BCUT2D eigenvalue weighted by Gasteiger charge is 2.18. The second-order valence-corrected chi connectivity index (χ2v) is 10.2. The van der Waals surface area contributed by atoms with Gasteiger partial charge in [-0.05, 0) is 56.1 Å². The van der Waals surface area contributed by atoms with Crippen LogP contribution in [-0.2, 0) is 6.61 Å². The van der Waals surface area contributed by atoms with Crippen molar-refractivity contribution < 1.29 is 9.47 Å². The Morgan fingerprint density at radius 2 is 1.68 bits per heavy atom. The van der Waals surface area contributed by atoms with E-state index in [2.05, 4.69) is 37.0 Å². The van der Waals surface area contributed by atoms with Gasteiger partial charge in [-0.1, -0.05) is 72.3 Å². The van der Waals surface area contributed by atoms with Crippen molar-refractivity contribution in [3.63, 3.8) is 0 Å². The first-order chi connectivity index (χ1) is 18.5. The molecule has 6 nitrogen and oxygen atoms in total. The number of benzene rings is 4. The van der Waals surface area contributed by atoms with Crippen molar-refractivity contribution in [1.29, 1.82) is 0 Å². The number of fused-ring (bicyclic) bond motifs is 1. The van der Waals surface area contributed by atoms with Crippen LogP contribution in [0, 0.1) is 0 Å². The Kier molecular flexibility index (Phi) is 7.93. The summed E-state index contributed by atoms with van der Waals surface area (Å²) in [6, 6.07) is 26.0. The molecule has 1 aromatic heterocycles. The fraction of sp³-hybridized carbons (Fsp3) is 0.0690. The Morgan fingerprint density at radius 1 is 0.974 bits per heavy atom. The summed E-state index contributed by atoms with van der Waals surface area (Å²) < 4.78 is 14.3. The highest BCUT2D eigenvalue weighted by atomic mass is 79.9. The minimum atomic E-state index is -0.271. The van der Waals surface area contributed by atoms with Crippen molar-refractivity contribution in [3.05, 3.63) is 120 Å². The number of hydrogen-bond donors (Lipinski definition) is 0. The van der Waals surface area contributed by atoms with Crippen LogP contribution in [0.3, 0.4) is 0 Å². The van der Waals surface area contributed by atoms with Crippen molar-refractivity contribution in [2.24, 2.45) is 5.10 Å². The summed E-state index contributed by atoms with van der Waals surface area (Å²) in [5, 5.41) is 5.66. The summed E-state index contributed by atoms with van der Waals surface area (Å²) in [6.07, 6.45) is 1.58. The maximum Gasteiger partial charge on any atom is 0.282 e. The van der Waals surface area contributed by atoms with Gasteiger partial charge in [0.1, 0.15) is 6.61 Å². The number of halogens is 3. The third-order valence-corrected chi connectivity index (χ3v) is 8.32. The standard InChI is InChI=1S/C29H20Br2ClN3O3/c1-37-24-15-20(25(30)26(31)27(24)38-17-19-11-5-7-13-22(19)32)16-33-35-28(18-9-3-2-4-10-18)34-23-14-8-6-12-21(23)29(35)36/h2-16H,17H2,1H3. The van der Waals surface area contributed by atoms with E-state index in [0.717, 1.165) is 11.1 Å². The monoisotopic (exact) mass is 651 g/mol. The van der Waals surface area contributed by atoms with Gasteiger partial charge in [0.2, 0.25) is 0 Å². The van der Waals surface area contributed by atoms with Crippen LogP contribution in [0.1, 0.15) is 11.1 Å². The molecule has 0 N–H and O–H groups in total. The minimum absolute atomic E-state index is 0.257. The fourth-order valence-corrected chi connectivity index (χ4v) is 5.00. The molecule has 0 bridgehead atoms. The van der Waals surface area contributed by atoms with Crippen molar-refractivity contribution in [3.8, 4) is 22.9 Å². The lowest BCUT2D eigenvalue weighted by Gasteiger charge is -2.16. The molecule has 38 heavy (non-hydrogen) atoms. The Hall–Kier alpha value is -3.46. The van der Waals surface area contributed by atoms with Crippen molar-refractivity contribution in [1.82, 2.24) is 9.66 Å². The van der Waals surface area contributed by atoms with Crippen LogP contribution in [0.5, 0.6) is 11.5 Å². The molecule has 0 amide bonds. The van der Waals surface area contributed by atoms with Gasteiger partial charge >= 0.3 is 0 Å². The van der Waals surface area contributed by atoms with Gasteiger partial charge < -0.3 is 9.47 Å². The molecule has 0 fully saturated rings. The van der Waals surface area contributed by atoms with Crippen molar-refractivity contribution in [2.45, 2.75) is 6.61 Å². The van der Waals surface area contributed by atoms with Gasteiger partial charge in [0.15, 0.2) is 17.3 Å². The second kappa shape index (κ2) is 11.5. The molecule has 5 rings (SSSR count). The number of hydrogen-bond acceptors (Lipinski definition) is 5. The lowest BCUT2D eigenvalue weighted by atomic mass is 10.2. The van der Waals surface area contributed by atoms with E-state index < -0.39 is 0 Å². The quantitative estimate of drug-likeness (QED) is 0.169. The fourth-order valence-electron chi connectivity index (χ4n) is 3.87. The smallest absolute Gasteiger partial charge is 0.282 e. The van der Waals surface area contributed by atoms with E-state index >= 15 is 0 Å². The molecule has 0 atom stereocenters. The van der Waals surface area contributed by atoms with Gasteiger partial charge in [-0.3, -0.25) is 4.79 Å². The van der Waals surface area contributed by atoms with E-state index in [1.807, 2.05) is 72.8 Å². The molecule has 190 valence electrons. The highest BCUT2D eigenvalue weighted by molar-refractivity contribution is 9.13. The SMILES string of the molecule is COc1cc(C=Nn2c(-c3ccccc3)nc3ccccc3c2=O)c(Br)c(Br)c1OCc1ccccc1Cl. The average molecular weight is 654 g/mol. The Morgan fingerprint density at radius 3 is 2.45 bits per heavy atom. The lowest BCUT2D eigenvalue weighted by molar-refractivity contribution is 0.282. The van der Waals surface area contributed by atoms with Crippen molar-refractivity contribution >= 4 is 60.6 Å². The lowest BCUT2D eigenvalue weighted by Crippen LogP contribution is -2.20. The molecule has 1 heterocycles. The molecule has 0 aliphatic rings. The first-order valence-corrected chi connectivity index (χ1v) is 13.5. The van der Waals surface area contributed by atoms with Gasteiger partial charge in [-0.15, -0.1) is 0 Å². The second-order valence-electron chi connectivity index (χ2n) is 8.19. The predicted octanol–water partition coefficient (Wildman–Crippen LogP) is 7.71. The van der Waals surface area contributed by atoms with Crippen LogP contribution < -0.4 is 15.0 Å². The number of para-hydroxylation sites is 1. The predicted molar refractivity (Wildman–Crippen MR) is 159 cm³/mol. The molecule has 0 unspecified atom stereocenters. The van der Waals surface area contributed by atoms with Crippen LogP contribution in [0.4, 0.5) is 0 Å². The molecular weight excluding hydrogens is 634 g/mol. The first kappa shape index (κ1) is 26.2. The Labute approximate surface area is 240 Å². The molecule has 0 saturated carbocycles. The third kappa shape index (κ3) is 5.25. The summed E-state index contributed by atoms with van der Waals surface area (Å²) in [4.78, 5) is 18.2. The van der Waals surface area contributed by atoms with E-state index in [1.165, 1.54) is 4.68 Å². The number of methoxy groups -OCH3 is 1. The molecule has 4 aromatic carbocycles. The number of ether oxygens (including phenoxy) is 2. The minimum Gasteiger partial charge on any atom is -0.493 e. The van der Waals surface area contributed by atoms with Gasteiger partial charge in [-0.2, -0.15) is 9.78 Å². The summed E-state index contributed by atoms with van der Waals surface area (Å²) in [7, 11) is 1.56. The number of rotatable bonds is 7. The van der Waals surface area contributed by atoms with Gasteiger partial charge in [0.05, 0.1) is 28.7 Å². The largest absolute Gasteiger partial charge is 0.493 e. The van der Waals surface area contributed by atoms with E-state index in [4.69, 9.17) is 26.1 Å². The van der Waals surface area contributed by atoms with Crippen LogP contribution in [-0.4, -0.2) is 23.0 Å². The number of aromatic nitrogens is 2. The zero-order valence-electron chi connectivity index (χ0n) is 20.1. The van der Waals surface area contributed by atoms with Gasteiger partial charge in [0, 0.05) is 26.2 Å². The highest BCUT2D eigenvalue weighted by Crippen LogP contribution is 2.43. The topological polar surface area (TPSA) is 65.7 Å². The summed E-state index contributed by atoms with van der Waals surface area (Å²) >= 11 is 13.5. The van der Waals surface area contributed by atoms with Crippen LogP contribution in [0.15, 0.2) is 104 Å². The molecule has 0 spiro atoms. The van der Waals surface area contributed by atoms with E-state index in [0.29, 0.717) is 47.8 Å². The molecule has 9 heteroatoms.